The number of pyridine rings is 1. The van der Waals surface area contributed by atoms with Gasteiger partial charge in [0.1, 0.15) is 5.52 Å². The highest BCUT2D eigenvalue weighted by atomic mass is 35.5. The van der Waals surface area contributed by atoms with Crippen LogP contribution in [0.3, 0.4) is 0 Å². The van der Waals surface area contributed by atoms with E-state index in [0.29, 0.717) is 31.7 Å². The SMILES string of the molecule is O=C(Nc1cc(Cl)ccc1Cl)Oc1c(Cl)cc(Cl)c2cccnc12. The molecule has 0 spiro atoms. The number of nitrogens with zero attached hydrogens (tertiary/aromatic N) is 1. The summed E-state index contributed by atoms with van der Waals surface area (Å²) in [5.74, 6) is 0.104. The van der Waals surface area contributed by atoms with E-state index in [9.17, 15) is 4.79 Å². The van der Waals surface area contributed by atoms with Gasteiger partial charge in [0, 0.05) is 16.6 Å². The average molecular weight is 402 g/mol. The molecule has 0 unspecified atom stereocenters. The summed E-state index contributed by atoms with van der Waals surface area (Å²) in [6.45, 7) is 0. The Kier molecular flexibility index (Phi) is 5.01. The third-order valence-electron chi connectivity index (χ3n) is 3.11. The summed E-state index contributed by atoms with van der Waals surface area (Å²) >= 11 is 24.2. The zero-order chi connectivity index (χ0) is 17.3. The fourth-order valence-corrected chi connectivity index (χ4v) is 2.96. The van der Waals surface area contributed by atoms with Gasteiger partial charge in [-0.25, -0.2) is 4.79 Å². The second kappa shape index (κ2) is 7.03. The van der Waals surface area contributed by atoms with Crippen LogP contribution in [-0.4, -0.2) is 11.1 Å². The van der Waals surface area contributed by atoms with E-state index in [-0.39, 0.29) is 10.8 Å². The van der Waals surface area contributed by atoms with E-state index in [1.54, 1.807) is 30.5 Å². The number of benzene rings is 2. The molecule has 1 heterocycles. The molecular weight excluding hydrogens is 394 g/mol. The standard InChI is InChI=1S/C16H8Cl4N2O2/c17-8-3-4-10(18)13(6-8)22-16(23)24-15-12(20)7-11(19)9-2-1-5-21-14(9)15/h1-7H,(H,22,23). The summed E-state index contributed by atoms with van der Waals surface area (Å²) in [6.07, 6.45) is 0.767. The number of amides is 1. The van der Waals surface area contributed by atoms with Crippen LogP contribution in [0.4, 0.5) is 10.5 Å². The maximum Gasteiger partial charge on any atom is 0.417 e. The van der Waals surface area contributed by atoms with Gasteiger partial charge < -0.3 is 4.74 Å². The van der Waals surface area contributed by atoms with Crippen molar-refractivity contribution in [3.05, 3.63) is 62.7 Å². The van der Waals surface area contributed by atoms with E-state index >= 15 is 0 Å². The summed E-state index contributed by atoms with van der Waals surface area (Å²) in [5.41, 5.74) is 0.693. The van der Waals surface area contributed by atoms with Crippen molar-refractivity contribution in [1.29, 1.82) is 0 Å². The maximum atomic E-state index is 12.2. The van der Waals surface area contributed by atoms with Crippen LogP contribution >= 0.6 is 46.4 Å². The second-order valence-corrected chi connectivity index (χ2v) is 6.37. The van der Waals surface area contributed by atoms with Crippen molar-refractivity contribution in [3.63, 3.8) is 0 Å². The number of aromatic nitrogens is 1. The minimum atomic E-state index is -0.782. The first kappa shape index (κ1) is 17.1. The third kappa shape index (κ3) is 3.52. The summed E-state index contributed by atoms with van der Waals surface area (Å²) < 4.78 is 5.31. The summed E-state index contributed by atoms with van der Waals surface area (Å²) in [6, 6.07) is 9.63. The Balaban J connectivity index is 1.92. The van der Waals surface area contributed by atoms with Crippen molar-refractivity contribution in [1.82, 2.24) is 4.98 Å². The van der Waals surface area contributed by atoms with E-state index in [2.05, 4.69) is 10.3 Å². The normalized spacial score (nSPS) is 10.7. The molecule has 0 aliphatic heterocycles. The summed E-state index contributed by atoms with van der Waals surface area (Å²) in [4.78, 5) is 16.3. The molecule has 3 rings (SSSR count). The Morgan fingerprint density at radius 1 is 1.00 bits per heavy atom. The molecule has 0 bridgehead atoms. The highest BCUT2D eigenvalue weighted by Crippen LogP contribution is 2.37. The van der Waals surface area contributed by atoms with Gasteiger partial charge in [0.05, 0.1) is 20.8 Å². The molecular formula is C16H8Cl4N2O2. The van der Waals surface area contributed by atoms with Gasteiger partial charge in [-0.15, -0.1) is 0 Å². The molecule has 0 aliphatic rings. The molecule has 0 radical (unpaired) electrons. The predicted octanol–water partition coefficient (Wildman–Crippen LogP) is 6.46. The zero-order valence-electron chi connectivity index (χ0n) is 11.8. The Hall–Kier alpha value is -1.72. The van der Waals surface area contributed by atoms with Gasteiger partial charge in [-0.05, 0) is 36.4 Å². The molecule has 4 nitrogen and oxygen atoms in total. The van der Waals surface area contributed by atoms with E-state index in [4.69, 9.17) is 51.1 Å². The van der Waals surface area contributed by atoms with Crippen LogP contribution in [0.1, 0.15) is 0 Å². The zero-order valence-corrected chi connectivity index (χ0v) is 14.8. The van der Waals surface area contributed by atoms with Crippen molar-refractivity contribution in [2.24, 2.45) is 0 Å². The van der Waals surface area contributed by atoms with Crippen molar-refractivity contribution in [3.8, 4) is 5.75 Å². The van der Waals surface area contributed by atoms with Crippen LogP contribution in [0.5, 0.6) is 5.75 Å². The number of hydrogen-bond acceptors (Lipinski definition) is 3. The number of carbonyl (C=O) groups is 1. The predicted molar refractivity (Wildman–Crippen MR) is 97.9 cm³/mol. The number of hydrogen-bond donors (Lipinski definition) is 1. The van der Waals surface area contributed by atoms with Gasteiger partial charge >= 0.3 is 6.09 Å². The number of rotatable bonds is 2. The Labute approximate surface area is 157 Å². The first-order valence-corrected chi connectivity index (χ1v) is 8.13. The summed E-state index contributed by atoms with van der Waals surface area (Å²) in [7, 11) is 0. The van der Waals surface area contributed by atoms with Crippen molar-refractivity contribution >= 4 is 69.1 Å². The molecule has 0 saturated heterocycles. The minimum absolute atomic E-state index is 0.104. The van der Waals surface area contributed by atoms with E-state index in [1.165, 1.54) is 12.1 Å². The lowest BCUT2D eigenvalue weighted by Gasteiger charge is -2.12. The van der Waals surface area contributed by atoms with Crippen molar-refractivity contribution in [2.75, 3.05) is 5.32 Å². The number of fused-ring (bicyclic) bond motifs is 1. The smallest absolute Gasteiger partial charge is 0.406 e. The average Bonchev–Trinajstić information content (AvgIpc) is 2.55. The fourth-order valence-electron chi connectivity index (χ4n) is 2.07. The Bertz CT molecular complexity index is 947. The van der Waals surface area contributed by atoms with Crippen LogP contribution in [-0.2, 0) is 0 Å². The quantitative estimate of drug-likeness (QED) is 0.536. The number of carbonyl (C=O) groups excluding carboxylic acids is 1. The van der Waals surface area contributed by atoms with Crippen LogP contribution in [0.25, 0.3) is 10.9 Å². The first-order valence-electron chi connectivity index (χ1n) is 6.62. The minimum Gasteiger partial charge on any atom is -0.406 e. The Morgan fingerprint density at radius 3 is 2.58 bits per heavy atom. The molecule has 1 amide bonds. The molecule has 0 aliphatic carbocycles. The molecule has 0 fully saturated rings. The molecule has 3 aromatic rings. The number of anilines is 1. The number of nitrogens with one attached hydrogen (secondary N) is 1. The topological polar surface area (TPSA) is 51.2 Å². The highest BCUT2D eigenvalue weighted by Gasteiger charge is 2.16. The molecule has 1 aromatic heterocycles. The van der Waals surface area contributed by atoms with Gasteiger partial charge in [0.2, 0.25) is 0 Å². The fraction of sp³-hybridized carbons (Fsp3) is 0. The molecule has 8 heteroatoms. The van der Waals surface area contributed by atoms with Crippen molar-refractivity contribution < 1.29 is 9.53 Å². The van der Waals surface area contributed by atoms with E-state index in [0.717, 1.165) is 0 Å². The van der Waals surface area contributed by atoms with Crippen LogP contribution in [0.2, 0.25) is 20.1 Å². The molecule has 0 saturated carbocycles. The highest BCUT2D eigenvalue weighted by molar-refractivity contribution is 6.40. The van der Waals surface area contributed by atoms with Gasteiger partial charge in [-0.2, -0.15) is 0 Å². The second-order valence-electron chi connectivity index (χ2n) is 4.71. The van der Waals surface area contributed by atoms with Gasteiger partial charge in [-0.3, -0.25) is 10.3 Å². The van der Waals surface area contributed by atoms with E-state index in [1.807, 2.05) is 0 Å². The van der Waals surface area contributed by atoms with E-state index < -0.39 is 6.09 Å². The largest absolute Gasteiger partial charge is 0.417 e. The van der Waals surface area contributed by atoms with Gasteiger partial charge in [0.25, 0.3) is 0 Å². The van der Waals surface area contributed by atoms with Crippen molar-refractivity contribution in [2.45, 2.75) is 0 Å². The van der Waals surface area contributed by atoms with Crippen LogP contribution in [0, 0.1) is 0 Å². The lowest BCUT2D eigenvalue weighted by atomic mass is 10.2. The molecule has 122 valence electrons. The number of halogens is 4. The van der Waals surface area contributed by atoms with Gasteiger partial charge in [-0.1, -0.05) is 46.4 Å². The monoisotopic (exact) mass is 400 g/mol. The van der Waals surface area contributed by atoms with Crippen LogP contribution < -0.4 is 10.1 Å². The summed E-state index contributed by atoms with van der Waals surface area (Å²) in [5, 5.41) is 4.45. The molecule has 2 aromatic carbocycles. The lowest BCUT2D eigenvalue weighted by Crippen LogP contribution is -2.17. The molecule has 24 heavy (non-hydrogen) atoms. The molecule has 1 N–H and O–H groups in total. The lowest BCUT2D eigenvalue weighted by molar-refractivity contribution is 0.215. The van der Waals surface area contributed by atoms with Crippen LogP contribution in [0.15, 0.2) is 42.6 Å². The third-order valence-corrected chi connectivity index (χ3v) is 4.27. The Morgan fingerprint density at radius 2 is 1.79 bits per heavy atom. The first-order chi connectivity index (χ1) is 11.5. The number of ether oxygens (including phenoxy) is 1. The maximum absolute atomic E-state index is 12.2. The molecule has 0 atom stereocenters. The van der Waals surface area contributed by atoms with Gasteiger partial charge in [0.15, 0.2) is 5.75 Å².